The normalized spacial score (nSPS) is 22.4. The van der Waals surface area contributed by atoms with E-state index in [-0.39, 0.29) is 16.5 Å². The maximum atomic E-state index is 12.4. The van der Waals surface area contributed by atoms with Crippen molar-refractivity contribution in [1.29, 1.82) is 0 Å². The van der Waals surface area contributed by atoms with Crippen molar-refractivity contribution >= 4 is 40.9 Å². The molecule has 0 radical (unpaired) electrons. The molecule has 116 valence electrons. The molecule has 6 heteroatoms. The number of amides is 1. The van der Waals surface area contributed by atoms with Gasteiger partial charge >= 0.3 is 0 Å². The monoisotopic (exact) mass is 347 g/mol. The van der Waals surface area contributed by atoms with Crippen molar-refractivity contribution in [2.24, 2.45) is 0 Å². The number of rotatable bonds is 5. The molecule has 0 aliphatic carbocycles. The van der Waals surface area contributed by atoms with Crippen molar-refractivity contribution < 1.29 is 9.69 Å². The first kappa shape index (κ1) is 16.9. The van der Waals surface area contributed by atoms with Crippen molar-refractivity contribution in [3.8, 4) is 0 Å². The van der Waals surface area contributed by atoms with E-state index in [0.29, 0.717) is 10.0 Å². The minimum Gasteiger partial charge on any atom is -0.340 e. The minimum atomic E-state index is -0.0779. The number of thioether (sulfide) groups is 1. The number of nitrogens with one attached hydrogen (secondary N) is 1. The lowest BCUT2D eigenvalue weighted by molar-refractivity contribution is -0.858. The van der Waals surface area contributed by atoms with Gasteiger partial charge in [-0.2, -0.15) is 0 Å². The second-order valence-corrected chi connectivity index (χ2v) is 7.85. The van der Waals surface area contributed by atoms with Crippen LogP contribution in [0.2, 0.25) is 10.0 Å². The Morgan fingerprint density at radius 3 is 2.48 bits per heavy atom. The van der Waals surface area contributed by atoms with Gasteiger partial charge in [0.1, 0.15) is 5.37 Å². The Morgan fingerprint density at radius 1 is 1.29 bits per heavy atom. The van der Waals surface area contributed by atoms with Crippen molar-refractivity contribution in [2.45, 2.75) is 24.0 Å². The summed E-state index contributed by atoms with van der Waals surface area (Å²) in [6.07, 6.45) is 0.972. The van der Waals surface area contributed by atoms with Crippen LogP contribution in [0, 0.1) is 0 Å². The van der Waals surface area contributed by atoms with E-state index in [1.165, 1.54) is 4.90 Å². The fourth-order valence-corrected chi connectivity index (χ4v) is 4.59. The lowest BCUT2D eigenvalue weighted by atomic mass is 10.2. The molecule has 1 amide bonds. The number of carbonyl (C=O) groups excluding carboxylic acids is 1. The van der Waals surface area contributed by atoms with Crippen LogP contribution >= 0.6 is 35.0 Å². The van der Waals surface area contributed by atoms with Crippen LogP contribution < -0.4 is 4.90 Å². The van der Waals surface area contributed by atoms with E-state index in [2.05, 4.69) is 14.1 Å². The van der Waals surface area contributed by atoms with Gasteiger partial charge in [-0.15, -0.1) is 11.8 Å². The average molecular weight is 348 g/mol. The second-order valence-electron chi connectivity index (χ2n) is 5.61. The first-order valence-electron chi connectivity index (χ1n) is 7.10. The molecule has 2 rings (SSSR count). The van der Waals surface area contributed by atoms with E-state index in [9.17, 15) is 4.79 Å². The summed E-state index contributed by atoms with van der Waals surface area (Å²) in [5.74, 6) is 0.176. The number of halogens is 2. The first-order chi connectivity index (χ1) is 9.91. The Morgan fingerprint density at radius 2 is 1.90 bits per heavy atom. The van der Waals surface area contributed by atoms with Crippen LogP contribution in [-0.4, -0.2) is 43.2 Å². The summed E-state index contributed by atoms with van der Waals surface area (Å²) in [7, 11) is 4.23. The number of nitrogens with zero attached hydrogens (tertiary/aromatic N) is 1. The molecule has 1 fully saturated rings. The Balaban J connectivity index is 2.21. The largest absolute Gasteiger partial charge is 0.340 e. The zero-order valence-corrected chi connectivity index (χ0v) is 14.9. The molecule has 0 unspecified atom stereocenters. The maximum Gasteiger partial charge on any atom is 0.236 e. The molecule has 0 aromatic heterocycles. The molecule has 1 aliphatic rings. The highest BCUT2D eigenvalue weighted by atomic mass is 35.5. The minimum absolute atomic E-state index is 0.0472. The molecule has 2 atom stereocenters. The van der Waals surface area contributed by atoms with Gasteiger partial charge in [-0.3, -0.25) is 4.79 Å². The maximum absolute atomic E-state index is 12.4. The van der Waals surface area contributed by atoms with Crippen molar-refractivity contribution in [1.82, 2.24) is 4.90 Å². The highest BCUT2D eigenvalue weighted by molar-refractivity contribution is 8.01. The molecule has 0 saturated carbocycles. The van der Waals surface area contributed by atoms with Gasteiger partial charge in [0, 0.05) is 28.6 Å². The molecule has 1 aromatic carbocycles. The smallest absolute Gasteiger partial charge is 0.236 e. The SMILES string of the molecule is C[C@H]1S[C@H](c2c(Cl)cccc2Cl)N(CCC[NH+](C)C)C1=O. The number of quaternary nitrogens is 1. The molecule has 3 nitrogen and oxygen atoms in total. The Bertz CT molecular complexity index is 504. The predicted octanol–water partition coefficient (Wildman–Crippen LogP) is 2.49. The number of benzene rings is 1. The van der Waals surface area contributed by atoms with Gasteiger partial charge in [-0.25, -0.2) is 0 Å². The molecule has 21 heavy (non-hydrogen) atoms. The molecule has 1 aliphatic heterocycles. The topological polar surface area (TPSA) is 24.8 Å². The van der Waals surface area contributed by atoms with Gasteiger partial charge < -0.3 is 9.80 Å². The summed E-state index contributed by atoms with van der Waals surface area (Å²) in [4.78, 5) is 15.7. The fraction of sp³-hybridized carbons (Fsp3) is 0.533. The highest BCUT2D eigenvalue weighted by Gasteiger charge is 2.39. The van der Waals surface area contributed by atoms with E-state index >= 15 is 0 Å². The van der Waals surface area contributed by atoms with Gasteiger partial charge in [0.15, 0.2) is 0 Å². The highest BCUT2D eigenvalue weighted by Crippen LogP contribution is 2.47. The van der Waals surface area contributed by atoms with Gasteiger partial charge in [0.2, 0.25) is 5.91 Å². The third-order valence-corrected chi connectivity index (χ3v) is 5.59. The zero-order valence-electron chi connectivity index (χ0n) is 12.5. The first-order valence-corrected chi connectivity index (χ1v) is 8.80. The lowest BCUT2D eigenvalue weighted by Crippen LogP contribution is -3.05. The fourth-order valence-electron chi connectivity index (χ4n) is 2.48. The standard InChI is InChI=1S/C15H20Cl2N2OS/c1-10-14(20)19(9-5-8-18(2)3)15(21-10)13-11(16)6-4-7-12(13)17/h4,6-7,10,15H,5,8-9H2,1-3H3/p+1/t10-,15-/m1/s1. The van der Waals surface area contributed by atoms with E-state index in [1.54, 1.807) is 11.8 Å². The van der Waals surface area contributed by atoms with Crippen LogP contribution in [0.1, 0.15) is 24.3 Å². The lowest BCUT2D eigenvalue weighted by Gasteiger charge is -2.25. The summed E-state index contributed by atoms with van der Waals surface area (Å²) < 4.78 is 0. The second kappa shape index (κ2) is 7.23. The van der Waals surface area contributed by atoms with Gasteiger partial charge in [-0.1, -0.05) is 29.3 Å². The summed E-state index contributed by atoms with van der Waals surface area (Å²) in [6.45, 7) is 3.72. The summed E-state index contributed by atoms with van der Waals surface area (Å²) in [6, 6.07) is 5.50. The van der Waals surface area contributed by atoms with E-state index in [1.807, 2.05) is 30.0 Å². The summed E-state index contributed by atoms with van der Waals surface area (Å²) in [5.41, 5.74) is 0.862. The van der Waals surface area contributed by atoms with E-state index in [0.717, 1.165) is 25.1 Å². The van der Waals surface area contributed by atoms with E-state index < -0.39 is 0 Å². The quantitative estimate of drug-likeness (QED) is 0.884. The average Bonchev–Trinajstić information content (AvgIpc) is 2.66. The number of carbonyl (C=O) groups is 1. The molecule has 1 heterocycles. The van der Waals surface area contributed by atoms with Gasteiger partial charge in [0.25, 0.3) is 0 Å². The van der Waals surface area contributed by atoms with Crippen LogP contribution in [-0.2, 0) is 4.79 Å². The number of hydrogen-bond acceptors (Lipinski definition) is 2. The summed E-state index contributed by atoms with van der Waals surface area (Å²) >= 11 is 14.3. The molecule has 0 spiro atoms. The van der Waals surface area contributed by atoms with Crippen LogP contribution in [0.5, 0.6) is 0 Å². The van der Waals surface area contributed by atoms with Gasteiger partial charge in [-0.05, 0) is 19.1 Å². The summed E-state index contributed by atoms with van der Waals surface area (Å²) in [5, 5.41) is 1.13. The number of hydrogen-bond donors (Lipinski definition) is 1. The third kappa shape index (κ3) is 3.86. The molecule has 1 saturated heterocycles. The Kier molecular flexibility index (Phi) is 5.83. The zero-order chi connectivity index (χ0) is 15.6. The molecule has 0 bridgehead atoms. The van der Waals surface area contributed by atoms with Crippen molar-refractivity contribution in [3.63, 3.8) is 0 Å². The van der Waals surface area contributed by atoms with Crippen LogP contribution in [0.4, 0.5) is 0 Å². The molecular formula is C15H21Cl2N2OS+. The molecule has 1 aromatic rings. The Hall–Kier alpha value is -0.420. The molecule has 1 N–H and O–H groups in total. The van der Waals surface area contributed by atoms with Crippen LogP contribution in [0.25, 0.3) is 0 Å². The molecular weight excluding hydrogens is 327 g/mol. The third-order valence-electron chi connectivity index (χ3n) is 3.57. The van der Waals surface area contributed by atoms with Crippen LogP contribution in [0.15, 0.2) is 18.2 Å². The van der Waals surface area contributed by atoms with E-state index in [4.69, 9.17) is 23.2 Å². The van der Waals surface area contributed by atoms with Gasteiger partial charge in [0.05, 0.1) is 25.9 Å². The van der Waals surface area contributed by atoms with Crippen molar-refractivity contribution in [2.75, 3.05) is 27.2 Å². The Labute approximate surface area is 140 Å². The predicted molar refractivity (Wildman–Crippen MR) is 90.3 cm³/mol. The van der Waals surface area contributed by atoms with Crippen LogP contribution in [0.3, 0.4) is 0 Å². The van der Waals surface area contributed by atoms with Crippen molar-refractivity contribution in [3.05, 3.63) is 33.8 Å².